The molecule has 15 heteroatoms. The molecule has 2 aromatic rings. The number of aromatic hydroxyl groups is 1. The number of hydrogen-bond donors (Lipinski definition) is 4. The molecular weight excluding hydrogens is 997 g/mol. The molecule has 6 aliphatic rings. The van der Waals surface area contributed by atoms with Gasteiger partial charge in [0.2, 0.25) is 17.7 Å². The highest BCUT2D eigenvalue weighted by Crippen LogP contribution is 2.67. The van der Waals surface area contributed by atoms with Gasteiger partial charge < -0.3 is 40.3 Å². The first kappa shape index (κ1) is 59.6. The van der Waals surface area contributed by atoms with E-state index in [0.29, 0.717) is 93.0 Å². The van der Waals surface area contributed by atoms with E-state index in [4.69, 9.17) is 9.47 Å². The molecule has 0 spiro atoms. The predicted octanol–water partition coefficient (Wildman–Crippen LogP) is 9.67. The van der Waals surface area contributed by atoms with Gasteiger partial charge in [0.1, 0.15) is 54.2 Å². The highest BCUT2D eigenvalue weighted by molar-refractivity contribution is 5.99. The summed E-state index contributed by atoms with van der Waals surface area (Å²) in [5, 5.41) is 18.9. The molecule has 1 aromatic carbocycles. The standard InChI is InChI=1S/C64H94N6O9/c1-41(2)16-12-17-42(3)49-28-29-50-48-27-24-45-39-47(30-32-63(45,7)51(48)31-33-64(49,50)8)78-60(76)52(19-10-11-34-65-61(77)79-62(4,5)6)66-56(72)53(38-43-22-25-46(71)26-23-43)67-57(73)54-20-14-36-69(54)59(75)55-21-15-37-70(55)58(74)44-18-13-35-68(9)40-44/h13,18,22-26,35,40-42,47-55H,10-12,14-17,19-21,27-34,36-39H2,1-9H3,(H3-,65,66,67,71,72,73,77)/p+1/t42-,47?,48+,49-,50+,51+,52+,53+,54+,55+,63+,64-/m1/s1. The van der Waals surface area contributed by atoms with Gasteiger partial charge in [-0.2, -0.15) is 0 Å². The quantitative estimate of drug-likeness (QED) is 0.0433. The van der Waals surface area contributed by atoms with Gasteiger partial charge in [0.05, 0.1) is 0 Å². The predicted molar refractivity (Wildman–Crippen MR) is 303 cm³/mol. The number of aromatic nitrogens is 1. The lowest BCUT2D eigenvalue weighted by atomic mass is 9.47. The van der Waals surface area contributed by atoms with E-state index in [9.17, 15) is 33.9 Å². The first-order valence-corrected chi connectivity index (χ1v) is 30.4. The largest absolute Gasteiger partial charge is 0.508 e. The lowest BCUT2D eigenvalue weighted by molar-refractivity contribution is -0.671. The number of ether oxygens (including phenoxy) is 2. The van der Waals surface area contributed by atoms with Gasteiger partial charge in [-0.05, 0) is 181 Å². The van der Waals surface area contributed by atoms with Crippen LogP contribution >= 0.6 is 0 Å². The molecule has 0 radical (unpaired) electrons. The number of carbonyl (C=O) groups excluding carboxylic acids is 6. The number of allylic oxidation sites excluding steroid dienone is 1. The van der Waals surface area contributed by atoms with Gasteiger partial charge in [-0.1, -0.05) is 77.7 Å². The van der Waals surface area contributed by atoms with E-state index < -0.39 is 53.6 Å². The minimum Gasteiger partial charge on any atom is -0.508 e. The van der Waals surface area contributed by atoms with E-state index >= 15 is 0 Å². The molecule has 434 valence electrons. The normalized spacial score (nSPS) is 28.6. The van der Waals surface area contributed by atoms with Crippen LogP contribution in [0.3, 0.4) is 0 Å². The Labute approximate surface area is 471 Å². The summed E-state index contributed by atoms with van der Waals surface area (Å²) in [6.45, 7) is 18.8. The second-order valence-electron chi connectivity index (χ2n) is 26.6. The molecule has 12 atom stereocenters. The summed E-state index contributed by atoms with van der Waals surface area (Å²) in [7, 11) is 1.84. The van der Waals surface area contributed by atoms with Crippen LogP contribution in [0.2, 0.25) is 0 Å². The van der Waals surface area contributed by atoms with Crippen molar-refractivity contribution in [3.05, 3.63) is 71.6 Å². The fraction of sp³-hybridized carbons (Fsp3) is 0.703. The Morgan fingerprint density at radius 2 is 1.54 bits per heavy atom. The van der Waals surface area contributed by atoms with Crippen molar-refractivity contribution in [3.63, 3.8) is 0 Å². The number of aryl methyl sites for hydroxylation is 1. The second-order valence-corrected chi connectivity index (χ2v) is 26.6. The summed E-state index contributed by atoms with van der Waals surface area (Å²) in [5.41, 5.74) is 2.33. The van der Waals surface area contributed by atoms with Crippen molar-refractivity contribution in [1.29, 1.82) is 0 Å². The molecule has 5 fully saturated rings. The summed E-state index contributed by atoms with van der Waals surface area (Å²) < 4.78 is 13.7. The lowest BCUT2D eigenvalue weighted by Crippen LogP contribution is -2.57. The third-order valence-corrected chi connectivity index (χ3v) is 19.6. The Kier molecular flexibility index (Phi) is 19.3. The Bertz CT molecular complexity index is 2520. The lowest BCUT2D eigenvalue weighted by Gasteiger charge is -2.58. The SMILES string of the molecule is CC(C)CCC[C@@H](C)[C@H]1CC[C@H]2[C@@H]3CC=C4CC(OC(=O)[C@H](CCCCNC(=O)OC(C)(C)C)NC(=O)[C@H](Cc5ccc(O)cc5)NC(=O)[C@@H]5CCCN5C(=O)[C@@H]5CCCN5C(=O)c5ccc[n+](C)c5)CC[C@]4(C)[C@H]3CC[C@]12C. The molecule has 1 aromatic heterocycles. The van der Waals surface area contributed by atoms with E-state index in [-0.39, 0.29) is 41.9 Å². The third-order valence-electron chi connectivity index (χ3n) is 19.6. The van der Waals surface area contributed by atoms with Crippen molar-refractivity contribution in [2.24, 2.45) is 53.4 Å². The number of nitrogens with zero attached hydrogens (tertiary/aromatic N) is 3. The Morgan fingerprint density at radius 3 is 2.27 bits per heavy atom. The van der Waals surface area contributed by atoms with Gasteiger partial charge in [-0.3, -0.25) is 19.2 Å². The number of phenolic OH excluding ortho intramolecular Hbond substituents is 1. The molecule has 4 aliphatic carbocycles. The van der Waals surface area contributed by atoms with Crippen LogP contribution in [-0.4, -0.2) is 106 Å². The molecule has 3 saturated carbocycles. The van der Waals surface area contributed by atoms with E-state index in [0.717, 1.165) is 42.9 Å². The first-order valence-electron chi connectivity index (χ1n) is 30.4. The summed E-state index contributed by atoms with van der Waals surface area (Å²) in [4.78, 5) is 87.7. The highest BCUT2D eigenvalue weighted by atomic mass is 16.6. The number of amides is 5. The smallest absolute Gasteiger partial charge is 0.407 e. The number of esters is 1. The van der Waals surface area contributed by atoms with Gasteiger partial charge in [0.25, 0.3) is 5.91 Å². The summed E-state index contributed by atoms with van der Waals surface area (Å²) >= 11 is 0. The van der Waals surface area contributed by atoms with Crippen LogP contribution in [0.5, 0.6) is 5.75 Å². The van der Waals surface area contributed by atoms with Gasteiger partial charge in [0, 0.05) is 38.5 Å². The number of likely N-dealkylation sites (tertiary alicyclic amines) is 2. The molecule has 8 rings (SSSR count). The van der Waals surface area contributed by atoms with E-state index in [1.807, 2.05) is 13.2 Å². The molecule has 2 saturated heterocycles. The minimum atomic E-state index is -1.17. The van der Waals surface area contributed by atoms with Crippen LogP contribution in [0.15, 0.2) is 60.4 Å². The molecule has 1 unspecified atom stereocenters. The number of nitrogens with one attached hydrogen (secondary N) is 3. The maximum absolute atomic E-state index is 14.8. The number of unbranched alkanes of at least 4 members (excludes halogenated alkanes) is 1. The van der Waals surface area contributed by atoms with E-state index in [1.165, 1.54) is 62.7 Å². The number of rotatable bonds is 20. The van der Waals surface area contributed by atoms with Crippen LogP contribution in [0.4, 0.5) is 4.79 Å². The number of hydrogen-bond acceptors (Lipinski definition) is 9. The van der Waals surface area contributed by atoms with Crippen molar-refractivity contribution < 1.29 is 47.9 Å². The van der Waals surface area contributed by atoms with Crippen molar-refractivity contribution in [2.75, 3.05) is 19.6 Å². The first-order chi connectivity index (χ1) is 37.5. The number of fused-ring (bicyclic) bond motifs is 5. The Morgan fingerprint density at radius 1 is 0.810 bits per heavy atom. The van der Waals surface area contributed by atoms with Crippen LogP contribution in [0.1, 0.15) is 187 Å². The number of carbonyl (C=O) groups is 6. The zero-order valence-electron chi connectivity index (χ0n) is 49.2. The van der Waals surface area contributed by atoms with Crippen LogP contribution in [-0.2, 0) is 42.1 Å². The monoisotopic (exact) mass is 1090 g/mol. The van der Waals surface area contributed by atoms with Gasteiger partial charge in [-0.25, -0.2) is 14.2 Å². The van der Waals surface area contributed by atoms with Gasteiger partial charge in [0.15, 0.2) is 12.4 Å². The third kappa shape index (κ3) is 14.2. The number of alkyl carbamates (subject to hydrolysis) is 1. The molecule has 79 heavy (non-hydrogen) atoms. The second kappa shape index (κ2) is 25.5. The zero-order chi connectivity index (χ0) is 56.8. The summed E-state index contributed by atoms with van der Waals surface area (Å²) in [6.07, 6.45) is 21.1. The minimum absolute atomic E-state index is 0.0367. The number of benzene rings is 1. The molecule has 5 amide bonds. The number of pyridine rings is 1. The maximum atomic E-state index is 14.8. The van der Waals surface area contributed by atoms with Crippen LogP contribution in [0.25, 0.3) is 0 Å². The average Bonchev–Trinajstić information content (AvgIpc) is 4.35. The summed E-state index contributed by atoms with van der Waals surface area (Å²) in [5.74, 6) is 2.22. The van der Waals surface area contributed by atoms with Crippen molar-refractivity contribution >= 4 is 35.7 Å². The fourth-order valence-electron chi connectivity index (χ4n) is 15.5. The summed E-state index contributed by atoms with van der Waals surface area (Å²) in [6, 6.07) is 6.09. The van der Waals surface area contributed by atoms with Crippen LogP contribution < -0.4 is 20.5 Å². The fourth-order valence-corrected chi connectivity index (χ4v) is 15.5. The Hall–Kier alpha value is -5.47. The molecule has 4 N–H and O–H groups in total. The van der Waals surface area contributed by atoms with E-state index in [1.54, 1.807) is 65.6 Å². The molecular formula is C64H95N6O9+. The topological polar surface area (TPSA) is 188 Å². The average molecular weight is 1090 g/mol. The Balaban J connectivity index is 0.953. The van der Waals surface area contributed by atoms with Crippen molar-refractivity contribution in [2.45, 2.75) is 213 Å². The highest BCUT2D eigenvalue weighted by Gasteiger charge is 2.59. The molecule has 0 bridgehead atoms. The number of phenols is 1. The van der Waals surface area contributed by atoms with Gasteiger partial charge >= 0.3 is 12.1 Å². The van der Waals surface area contributed by atoms with E-state index in [2.05, 4.69) is 56.6 Å². The molecule has 3 heterocycles. The van der Waals surface area contributed by atoms with Crippen LogP contribution in [0, 0.1) is 46.3 Å². The van der Waals surface area contributed by atoms with Gasteiger partial charge in [-0.15, -0.1) is 0 Å². The van der Waals surface area contributed by atoms with Crippen molar-refractivity contribution in [1.82, 2.24) is 25.8 Å². The maximum Gasteiger partial charge on any atom is 0.407 e. The van der Waals surface area contributed by atoms with Crippen molar-refractivity contribution in [3.8, 4) is 5.75 Å². The molecule has 15 nitrogen and oxygen atoms in total. The zero-order valence-corrected chi connectivity index (χ0v) is 49.2. The molecule has 2 aliphatic heterocycles.